The highest BCUT2D eigenvalue weighted by Crippen LogP contribution is 2.21. The Bertz CT molecular complexity index is 915. The van der Waals surface area contributed by atoms with Gasteiger partial charge in [-0.05, 0) is 29.8 Å². The maximum absolute atomic E-state index is 5.96. The molecule has 158 valence electrons. The van der Waals surface area contributed by atoms with E-state index in [9.17, 15) is 0 Å². The van der Waals surface area contributed by atoms with Crippen molar-refractivity contribution in [3.8, 4) is 5.75 Å². The quantitative estimate of drug-likeness (QED) is 0.465. The van der Waals surface area contributed by atoms with E-state index in [1.807, 2.05) is 30.3 Å². The van der Waals surface area contributed by atoms with Crippen molar-refractivity contribution < 1.29 is 9.47 Å². The number of hydrogen-bond acceptors (Lipinski definition) is 6. The van der Waals surface area contributed by atoms with Crippen LogP contribution in [0.2, 0.25) is 5.02 Å². The normalized spacial score (nSPS) is 14.7. The first kappa shape index (κ1) is 21.2. The van der Waals surface area contributed by atoms with Gasteiger partial charge < -0.3 is 9.47 Å². The lowest BCUT2D eigenvalue weighted by Crippen LogP contribution is -2.37. The van der Waals surface area contributed by atoms with Crippen LogP contribution in [-0.4, -0.2) is 58.3 Å². The number of aromatic nitrogens is 3. The van der Waals surface area contributed by atoms with Gasteiger partial charge in [-0.2, -0.15) is 0 Å². The number of rotatable bonds is 9. The van der Waals surface area contributed by atoms with E-state index in [4.69, 9.17) is 21.1 Å². The second-order valence-corrected chi connectivity index (χ2v) is 8.51. The van der Waals surface area contributed by atoms with Crippen LogP contribution in [0.25, 0.3) is 0 Å². The van der Waals surface area contributed by atoms with Crippen molar-refractivity contribution in [1.82, 2.24) is 19.7 Å². The SMILES string of the molecule is Clc1ccc(OCc2nnc(SCCN3CCOCC3)n2Cc2ccccc2)cc1. The average Bonchev–Trinajstić information content (AvgIpc) is 3.16. The lowest BCUT2D eigenvalue weighted by Gasteiger charge is -2.26. The molecule has 0 N–H and O–H groups in total. The molecule has 2 aromatic carbocycles. The molecule has 1 aromatic heterocycles. The smallest absolute Gasteiger partial charge is 0.191 e. The van der Waals surface area contributed by atoms with Gasteiger partial charge in [-0.15, -0.1) is 10.2 Å². The number of thioether (sulfide) groups is 1. The third kappa shape index (κ3) is 5.98. The van der Waals surface area contributed by atoms with E-state index in [1.165, 1.54) is 5.56 Å². The van der Waals surface area contributed by atoms with Crippen LogP contribution in [-0.2, 0) is 17.9 Å². The number of nitrogens with zero attached hydrogens (tertiary/aromatic N) is 4. The molecule has 0 unspecified atom stereocenters. The molecule has 0 aliphatic carbocycles. The van der Waals surface area contributed by atoms with Crippen molar-refractivity contribution in [2.75, 3.05) is 38.6 Å². The monoisotopic (exact) mass is 444 g/mol. The van der Waals surface area contributed by atoms with Crippen molar-refractivity contribution in [2.24, 2.45) is 0 Å². The molecule has 8 heteroatoms. The van der Waals surface area contributed by atoms with E-state index in [0.29, 0.717) is 18.2 Å². The lowest BCUT2D eigenvalue weighted by atomic mass is 10.2. The van der Waals surface area contributed by atoms with Crippen molar-refractivity contribution >= 4 is 23.4 Å². The zero-order valence-corrected chi connectivity index (χ0v) is 18.3. The van der Waals surface area contributed by atoms with Crippen LogP contribution < -0.4 is 4.74 Å². The van der Waals surface area contributed by atoms with Crippen LogP contribution >= 0.6 is 23.4 Å². The van der Waals surface area contributed by atoms with Crippen molar-refractivity contribution in [1.29, 1.82) is 0 Å². The molecule has 1 fully saturated rings. The summed E-state index contributed by atoms with van der Waals surface area (Å²) < 4.78 is 13.5. The van der Waals surface area contributed by atoms with Gasteiger partial charge in [0.2, 0.25) is 0 Å². The predicted octanol–water partition coefficient (Wildman–Crippen LogP) is 3.98. The Balaban J connectivity index is 1.43. The summed E-state index contributed by atoms with van der Waals surface area (Å²) >= 11 is 7.70. The molecule has 2 heterocycles. The molecular formula is C22H25ClN4O2S. The van der Waals surface area contributed by atoms with Crippen LogP contribution in [0.5, 0.6) is 5.75 Å². The summed E-state index contributed by atoms with van der Waals surface area (Å²) in [6.07, 6.45) is 0. The molecule has 30 heavy (non-hydrogen) atoms. The second kappa shape index (κ2) is 10.8. The van der Waals surface area contributed by atoms with E-state index in [-0.39, 0.29) is 0 Å². The van der Waals surface area contributed by atoms with Gasteiger partial charge in [-0.1, -0.05) is 53.7 Å². The van der Waals surface area contributed by atoms with Crippen LogP contribution in [0.15, 0.2) is 59.8 Å². The standard InChI is InChI=1S/C22H25ClN4O2S/c23-19-6-8-20(9-7-19)29-17-21-24-25-22(27(21)16-18-4-2-1-3-5-18)30-15-12-26-10-13-28-14-11-26/h1-9H,10-17H2. The summed E-state index contributed by atoms with van der Waals surface area (Å²) in [7, 11) is 0. The fourth-order valence-electron chi connectivity index (χ4n) is 3.23. The fourth-order valence-corrected chi connectivity index (χ4v) is 4.31. The zero-order chi connectivity index (χ0) is 20.6. The first-order valence-corrected chi connectivity index (χ1v) is 11.4. The molecule has 0 spiro atoms. The maximum atomic E-state index is 5.96. The molecule has 4 rings (SSSR count). The number of ether oxygens (including phenoxy) is 2. The van der Waals surface area contributed by atoms with E-state index in [2.05, 4.69) is 43.9 Å². The minimum atomic E-state index is 0.353. The minimum Gasteiger partial charge on any atom is -0.486 e. The van der Waals surface area contributed by atoms with Gasteiger partial charge in [0, 0.05) is 30.4 Å². The van der Waals surface area contributed by atoms with E-state index in [0.717, 1.165) is 55.3 Å². The van der Waals surface area contributed by atoms with Gasteiger partial charge in [-0.25, -0.2) is 0 Å². The van der Waals surface area contributed by atoms with Gasteiger partial charge in [0.15, 0.2) is 11.0 Å². The summed E-state index contributed by atoms with van der Waals surface area (Å²) in [4.78, 5) is 2.43. The Morgan fingerprint density at radius 2 is 1.77 bits per heavy atom. The van der Waals surface area contributed by atoms with E-state index < -0.39 is 0 Å². The Labute approximate surface area is 186 Å². The molecule has 0 atom stereocenters. The molecule has 0 radical (unpaired) electrons. The van der Waals surface area contributed by atoms with Crippen LogP contribution in [0, 0.1) is 0 Å². The Hall–Kier alpha value is -2.06. The van der Waals surface area contributed by atoms with Crippen molar-refractivity contribution in [2.45, 2.75) is 18.3 Å². The fraction of sp³-hybridized carbons (Fsp3) is 0.364. The summed E-state index contributed by atoms with van der Waals surface area (Å²) in [5.74, 6) is 2.53. The van der Waals surface area contributed by atoms with Crippen molar-refractivity contribution in [3.63, 3.8) is 0 Å². The minimum absolute atomic E-state index is 0.353. The lowest BCUT2D eigenvalue weighted by molar-refractivity contribution is 0.0410. The first-order chi connectivity index (χ1) is 14.8. The van der Waals surface area contributed by atoms with Gasteiger partial charge in [0.25, 0.3) is 0 Å². The molecule has 0 saturated carbocycles. The molecule has 1 saturated heterocycles. The van der Waals surface area contributed by atoms with Crippen molar-refractivity contribution in [3.05, 3.63) is 71.0 Å². The average molecular weight is 445 g/mol. The van der Waals surface area contributed by atoms with Crippen LogP contribution in [0.1, 0.15) is 11.4 Å². The van der Waals surface area contributed by atoms with E-state index >= 15 is 0 Å². The third-order valence-corrected chi connectivity index (χ3v) is 6.10. The topological polar surface area (TPSA) is 52.4 Å². The summed E-state index contributed by atoms with van der Waals surface area (Å²) in [6, 6.07) is 17.7. The highest BCUT2D eigenvalue weighted by atomic mass is 35.5. The molecular weight excluding hydrogens is 420 g/mol. The highest BCUT2D eigenvalue weighted by molar-refractivity contribution is 7.99. The molecule has 0 bridgehead atoms. The molecule has 0 amide bonds. The Morgan fingerprint density at radius 3 is 2.53 bits per heavy atom. The van der Waals surface area contributed by atoms with Gasteiger partial charge in [-0.3, -0.25) is 9.47 Å². The van der Waals surface area contributed by atoms with Crippen LogP contribution in [0.4, 0.5) is 0 Å². The first-order valence-electron chi connectivity index (χ1n) is 10.1. The predicted molar refractivity (Wildman–Crippen MR) is 119 cm³/mol. The molecule has 6 nitrogen and oxygen atoms in total. The molecule has 1 aliphatic rings. The summed E-state index contributed by atoms with van der Waals surface area (Å²) in [6.45, 7) is 5.72. The Morgan fingerprint density at radius 1 is 1.00 bits per heavy atom. The van der Waals surface area contributed by atoms with E-state index in [1.54, 1.807) is 11.8 Å². The number of morpholine rings is 1. The van der Waals surface area contributed by atoms with Gasteiger partial charge in [0.05, 0.1) is 19.8 Å². The number of hydrogen-bond donors (Lipinski definition) is 0. The second-order valence-electron chi connectivity index (χ2n) is 7.02. The zero-order valence-electron chi connectivity index (χ0n) is 16.7. The van der Waals surface area contributed by atoms with Gasteiger partial charge >= 0.3 is 0 Å². The summed E-state index contributed by atoms with van der Waals surface area (Å²) in [5, 5.41) is 10.5. The third-order valence-electron chi connectivity index (χ3n) is 4.90. The van der Waals surface area contributed by atoms with Crippen LogP contribution in [0.3, 0.4) is 0 Å². The maximum Gasteiger partial charge on any atom is 0.191 e. The molecule has 1 aliphatic heterocycles. The number of benzene rings is 2. The number of halogens is 1. The molecule has 3 aromatic rings. The Kier molecular flexibility index (Phi) is 7.64. The summed E-state index contributed by atoms with van der Waals surface area (Å²) in [5.41, 5.74) is 1.21. The van der Waals surface area contributed by atoms with Gasteiger partial charge in [0.1, 0.15) is 12.4 Å². The highest BCUT2D eigenvalue weighted by Gasteiger charge is 2.15. The largest absolute Gasteiger partial charge is 0.486 e.